The van der Waals surface area contributed by atoms with Gasteiger partial charge in [-0.25, -0.2) is 4.98 Å². The summed E-state index contributed by atoms with van der Waals surface area (Å²) >= 11 is 0. The van der Waals surface area contributed by atoms with Gasteiger partial charge >= 0.3 is 6.18 Å². The maximum absolute atomic E-state index is 12.7. The number of alkyl halides is 3. The predicted molar refractivity (Wildman–Crippen MR) is 66.2 cm³/mol. The van der Waals surface area contributed by atoms with Gasteiger partial charge in [0.2, 0.25) is 0 Å². The summed E-state index contributed by atoms with van der Waals surface area (Å²) in [6.45, 7) is 0.183. The highest BCUT2D eigenvalue weighted by Crippen LogP contribution is 2.30. The van der Waals surface area contributed by atoms with E-state index in [1.165, 1.54) is 18.3 Å². The molecule has 2 heterocycles. The van der Waals surface area contributed by atoms with E-state index in [9.17, 15) is 18.0 Å². The second-order valence-corrected chi connectivity index (χ2v) is 5.17. The van der Waals surface area contributed by atoms with Gasteiger partial charge in [0.05, 0.1) is 6.33 Å². The lowest BCUT2D eigenvalue weighted by Crippen LogP contribution is -2.54. The van der Waals surface area contributed by atoms with Gasteiger partial charge in [-0.3, -0.25) is 9.69 Å². The molecule has 8 heteroatoms. The maximum Gasteiger partial charge on any atom is 0.404 e. The van der Waals surface area contributed by atoms with Gasteiger partial charge in [0, 0.05) is 25.8 Å². The number of likely N-dealkylation sites (N-methyl/N-ethyl adjacent to an activating group) is 1. The molecule has 0 bridgehead atoms. The lowest BCUT2D eigenvalue weighted by molar-refractivity contribution is -0.188. The van der Waals surface area contributed by atoms with Crippen molar-refractivity contribution >= 4 is 5.91 Å². The van der Waals surface area contributed by atoms with Crippen LogP contribution in [0.1, 0.15) is 23.3 Å². The minimum atomic E-state index is -4.22. The molecule has 0 spiro atoms. The first-order valence-corrected chi connectivity index (χ1v) is 6.33. The number of likely N-dealkylation sites (tertiary alicyclic amines) is 1. The van der Waals surface area contributed by atoms with Crippen LogP contribution < -0.4 is 5.32 Å². The molecule has 1 aromatic rings. The third-order valence-electron chi connectivity index (χ3n) is 3.48. The number of piperidine rings is 1. The number of aromatic nitrogens is 2. The van der Waals surface area contributed by atoms with Gasteiger partial charge in [0.1, 0.15) is 11.7 Å². The van der Waals surface area contributed by atoms with E-state index in [2.05, 4.69) is 10.3 Å². The van der Waals surface area contributed by atoms with Crippen LogP contribution in [0.3, 0.4) is 0 Å². The summed E-state index contributed by atoms with van der Waals surface area (Å²) in [6, 6.07) is -1.71. The van der Waals surface area contributed by atoms with Crippen LogP contribution in [0, 0.1) is 0 Å². The number of hydrogen-bond donors (Lipinski definition) is 1. The first-order valence-electron chi connectivity index (χ1n) is 6.33. The van der Waals surface area contributed by atoms with Crippen LogP contribution in [0.5, 0.6) is 0 Å². The fourth-order valence-electron chi connectivity index (χ4n) is 2.47. The van der Waals surface area contributed by atoms with Crippen molar-refractivity contribution in [2.75, 3.05) is 13.6 Å². The molecule has 1 fully saturated rings. The molecule has 5 nitrogen and oxygen atoms in total. The third-order valence-corrected chi connectivity index (χ3v) is 3.48. The van der Waals surface area contributed by atoms with E-state index < -0.39 is 12.2 Å². The second kappa shape index (κ2) is 5.43. The largest absolute Gasteiger partial charge is 0.404 e. The van der Waals surface area contributed by atoms with Gasteiger partial charge < -0.3 is 9.88 Å². The average Bonchev–Trinajstić information content (AvgIpc) is 2.74. The molecule has 2 atom stereocenters. The molecule has 1 saturated heterocycles. The van der Waals surface area contributed by atoms with Crippen molar-refractivity contribution in [3.63, 3.8) is 0 Å². The Hall–Kier alpha value is -1.57. The molecular formula is C12H17F3N4O. The number of rotatable bonds is 2. The van der Waals surface area contributed by atoms with Gasteiger partial charge in [-0.15, -0.1) is 0 Å². The van der Waals surface area contributed by atoms with E-state index in [4.69, 9.17) is 0 Å². The Kier molecular flexibility index (Phi) is 4.03. The van der Waals surface area contributed by atoms with Crippen molar-refractivity contribution in [2.45, 2.75) is 31.1 Å². The molecule has 112 valence electrons. The molecule has 20 heavy (non-hydrogen) atoms. The van der Waals surface area contributed by atoms with Gasteiger partial charge in [0.15, 0.2) is 0 Å². The highest BCUT2D eigenvalue weighted by atomic mass is 19.4. The highest BCUT2D eigenvalue weighted by molar-refractivity contribution is 5.92. The molecular weight excluding hydrogens is 273 g/mol. The summed E-state index contributed by atoms with van der Waals surface area (Å²) in [5.74, 6) is -0.352. The second-order valence-electron chi connectivity index (χ2n) is 5.17. The van der Waals surface area contributed by atoms with E-state index in [1.807, 2.05) is 0 Å². The molecule has 1 aromatic heterocycles. The zero-order chi connectivity index (χ0) is 14.9. The summed E-state index contributed by atoms with van der Waals surface area (Å²) in [5.41, 5.74) is 0.271. The summed E-state index contributed by atoms with van der Waals surface area (Å²) < 4.78 is 39.8. The topological polar surface area (TPSA) is 50.2 Å². The number of hydrogen-bond acceptors (Lipinski definition) is 3. The van der Waals surface area contributed by atoms with Crippen molar-refractivity contribution in [2.24, 2.45) is 7.05 Å². The number of carbonyl (C=O) groups excluding carboxylic acids is 1. The van der Waals surface area contributed by atoms with Gasteiger partial charge in [-0.2, -0.15) is 13.2 Å². The number of imidazole rings is 1. The van der Waals surface area contributed by atoms with E-state index in [-0.39, 0.29) is 30.6 Å². The Labute approximate surface area is 114 Å². The minimum absolute atomic E-state index is 0.00678. The number of amides is 1. The van der Waals surface area contributed by atoms with Crippen molar-refractivity contribution in [1.82, 2.24) is 19.8 Å². The first-order chi connectivity index (χ1) is 9.27. The van der Waals surface area contributed by atoms with Crippen molar-refractivity contribution < 1.29 is 18.0 Å². The molecule has 0 aromatic carbocycles. The summed E-state index contributed by atoms with van der Waals surface area (Å²) in [4.78, 5) is 17.0. The molecule has 1 aliphatic rings. The van der Waals surface area contributed by atoms with Crippen LogP contribution in [-0.4, -0.2) is 52.2 Å². The average molecular weight is 290 g/mol. The maximum atomic E-state index is 12.7. The number of nitrogens with zero attached hydrogens (tertiary/aromatic N) is 3. The monoisotopic (exact) mass is 290 g/mol. The van der Waals surface area contributed by atoms with E-state index in [1.54, 1.807) is 17.8 Å². The molecule has 2 rings (SSSR count). The van der Waals surface area contributed by atoms with Crippen molar-refractivity contribution in [3.8, 4) is 0 Å². The molecule has 0 aliphatic carbocycles. The van der Waals surface area contributed by atoms with Crippen molar-refractivity contribution in [1.29, 1.82) is 0 Å². The molecule has 0 unspecified atom stereocenters. The molecule has 0 saturated carbocycles. The SMILES string of the molecule is CN1C[C@@H](NC(=O)c2cn(C)cn2)CC[C@@H]1C(F)(F)F. The summed E-state index contributed by atoms with van der Waals surface area (Å²) in [5, 5.41) is 2.73. The minimum Gasteiger partial charge on any atom is -0.347 e. The van der Waals surface area contributed by atoms with Crippen LogP contribution in [-0.2, 0) is 7.05 Å². The lowest BCUT2D eigenvalue weighted by atomic mass is 9.98. The molecule has 1 amide bonds. The van der Waals surface area contributed by atoms with Crippen LogP contribution in [0.25, 0.3) is 0 Å². The van der Waals surface area contributed by atoms with Crippen LogP contribution in [0.15, 0.2) is 12.5 Å². The van der Waals surface area contributed by atoms with E-state index in [0.717, 1.165) is 0 Å². The molecule has 1 N–H and O–H groups in total. The van der Waals surface area contributed by atoms with E-state index >= 15 is 0 Å². The Morgan fingerprint density at radius 2 is 2.10 bits per heavy atom. The Balaban J connectivity index is 1.92. The van der Waals surface area contributed by atoms with Crippen LogP contribution >= 0.6 is 0 Å². The standard InChI is InChI=1S/C12H17F3N4O/c1-18-6-9(16-7-18)11(20)17-8-3-4-10(12(13,14)15)19(2)5-8/h6-8,10H,3-5H2,1-2H3,(H,17,20)/t8-,10+/m0/s1. The lowest BCUT2D eigenvalue weighted by Gasteiger charge is -2.38. The van der Waals surface area contributed by atoms with Crippen LogP contribution in [0.4, 0.5) is 13.2 Å². The fourth-order valence-corrected chi connectivity index (χ4v) is 2.47. The normalized spacial score (nSPS) is 24.6. The van der Waals surface area contributed by atoms with Gasteiger partial charge in [-0.05, 0) is 19.9 Å². The number of halogens is 3. The Morgan fingerprint density at radius 1 is 1.40 bits per heavy atom. The Morgan fingerprint density at radius 3 is 2.60 bits per heavy atom. The Bertz CT molecular complexity index is 485. The fraction of sp³-hybridized carbons (Fsp3) is 0.667. The highest BCUT2D eigenvalue weighted by Gasteiger charge is 2.44. The summed E-state index contributed by atoms with van der Waals surface area (Å²) in [7, 11) is 3.17. The third kappa shape index (κ3) is 3.30. The van der Waals surface area contributed by atoms with Gasteiger partial charge in [0.25, 0.3) is 5.91 Å². The smallest absolute Gasteiger partial charge is 0.347 e. The number of carbonyl (C=O) groups is 1. The van der Waals surface area contributed by atoms with Gasteiger partial charge in [-0.1, -0.05) is 0 Å². The zero-order valence-corrected chi connectivity index (χ0v) is 11.3. The number of nitrogens with one attached hydrogen (secondary N) is 1. The first kappa shape index (κ1) is 14.8. The zero-order valence-electron chi connectivity index (χ0n) is 11.3. The van der Waals surface area contributed by atoms with E-state index in [0.29, 0.717) is 6.42 Å². The van der Waals surface area contributed by atoms with Crippen LogP contribution in [0.2, 0.25) is 0 Å². The molecule has 1 aliphatic heterocycles. The quantitative estimate of drug-likeness (QED) is 0.889. The van der Waals surface area contributed by atoms with Crippen molar-refractivity contribution in [3.05, 3.63) is 18.2 Å². The number of aryl methyl sites for hydroxylation is 1. The molecule has 0 radical (unpaired) electrons. The summed E-state index contributed by atoms with van der Waals surface area (Å²) in [6.07, 6.45) is -0.840. The predicted octanol–water partition coefficient (Wildman–Crippen LogP) is 1.17.